The predicted molar refractivity (Wildman–Crippen MR) is 88.4 cm³/mol. The minimum Gasteiger partial charge on any atom is -0.391 e. The van der Waals surface area contributed by atoms with Crippen LogP contribution in [0, 0.1) is 0 Å². The highest BCUT2D eigenvalue weighted by Gasteiger charge is 2.31. The first-order valence-corrected chi connectivity index (χ1v) is 8.08. The lowest BCUT2D eigenvalue weighted by molar-refractivity contribution is -0.137. The summed E-state index contributed by atoms with van der Waals surface area (Å²) in [5.74, 6) is -0.263. The molecule has 1 N–H and O–H groups in total. The lowest BCUT2D eigenvalue weighted by Gasteiger charge is -2.16. The van der Waals surface area contributed by atoms with Gasteiger partial charge in [-0.3, -0.25) is 4.79 Å². The minimum absolute atomic E-state index is 0.175. The summed E-state index contributed by atoms with van der Waals surface area (Å²) >= 11 is 6.06. The molecule has 2 aromatic carbocycles. The Kier molecular flexibility index (Phi) is 4.75. The van der Waals surface area contributed by atoms with Crippen LogP contribution in [0.4, 0.5) is 13.2 Å². The third kappa shape index (κ3) is 3.80. The monoisotopic (exact) mass is 369 g/mol. The summed E-state index contributed by atoms with van der Waals surface area (Å²) in [6, 6.07) is 9.43. The van der Waals surface area contributed by atoms with Crippen molar-refractivity contribution in [2.24, 2.45) is 0 Å². The van der Waals surface area contributed by atoms with Gasteiger partial charge < -0.3 is 10.0 Å². The first kappa shape index (κ1) is 17.8. The molecule has 0 aromatic heterocycles. The lowest BCUT2D eigenvalue weighted by atomic mass is 10.0. The third-order valence-corrected chi connectivity index (χ3v) is 4.49. The van der Waals surface area contributed by atoms with Crippen molar-refractivity contribution in [3.05, 3.63) is 58.6 Å². The van der Waals surface area contributed by atoms with Crippen LogP contribution in [0.2, 0.25) is 5.02 Å². The van der Waals surface area contributed by atoms with Crippen molar-refractivity contribution in [3.63, 3.8) is 0 Å². The van der Waals surface area contributed by atoms with Crippen LogP contribution in [-0.4, -0.2) is 35.1 Å². The molecule has 1 aliphatic rings. The van der Waals surface area contributed by atoms with Crippen molar-refractivity contribution in [3.8, 4) is 11.1 Å². The molecule has 3 rings (SSSR count). The predicted octanol–water partition coefficient (Wildman–Crippen LogP) is 4.23. The zero-order chi connectivity index (χ0) is 18.2. The quantitative estimate of drug-likeness (QED) is 0.860. The van der Waals surface area contributed by atoms with E-state index in [4.69, 9.17) is 11.6 Å². The van der Waals surface area contributed by atoms with E-state index in [0.29, 0.717) is 24.1 Å². The molecular weight excluding hydrogens is 355 g/mol. The summed E-state index contributed by atoms with van der Waals surface area (Å²) in [5, 5.41) is 9.73. The van der Waals surface area contributed by atoms with Crippen molar-refractivity contribution >= 4 is 17.5 Å². The maximum absolute atomic E-state index is 12.9. The van der Waals surface area contributed by atoms with Crippen LogP contribution in [-0.2, 0) is 6.18 Å². The zero-order valence-corrected chi connectivity index (χ0v) is 13.8. The van der Waals surface area contributed by atoms with E-state index in [9.17, 15) is 23.1 Å². The number of halogens is 4. The molecule has 0 spiro atoms. The summed E-state index contributed by atoms with van der Waals surface area (Å²) in [5.41, 5.74) is 0.195. The van der Waals surface area contributed by atoms with E-state index in [1.165, 1.54) is 17.0 Å². The largest absolute Gasteiger partial charge is 0.416 e. The second-order valence-electron chi connectivity index (χ2n) is 5.97. The zero-order valence-electron chi connectivity index (χ0n) is 13.1. The van der Waals surface area contributed by atoms with Crippen molar-refractivity contribution in [2.75, 3.05) is 13.1 Å². The molecule has 1 atom stereocenters. The highest BCUT2D eigenvalue weighted by Crippen LogP contribution is 2.36. The summed E-state index contributed by atoms with van der Waals surface area (Å²) in [6.07, 6.45) is -4.49. The fourth-order valence-electron chi connectivity index (χ4n) is 2.85. The molecule has 1 heterocycles. The van der Waals surface area contributed by atoms with Crippen LogP contribution < -0.4 is 0 Å². The Morgan fingerprint density at radius 1 is 1.20 bits per heavy atom. The van der Waals surface area contributed by atoms with Gasteiger partial charge in [0.2, 0.25) is 0 Å². The van der Waals surface area contributed by atoms with Gasteiger partial charge in [-0.1, -0.05) is 23.7 Å². The number of aliphatic hydroxyl groups is 1. The molecule has 1 amide bonds. The standard InChI is InChI=1S/C18H15ClF3NO2/c19-16-5-4-13(18(20,21)22)9-15(16)11-2-1-3-12(8-11)17(25)23-7-6-14(24)10-23/h1-5,8-9,14,24H,6-7,10H2/t14-/m1/s1. The number of aliphatic hydroxyl groups excluding tert-OH is 1. The number of amides is 1. The first-order valence-electron chi connectivity index (χ1n) is 7.70. The van der Waals surface area contributed by atoms with Crippen molar-refractivity contribution in [1.29, 1.82) is 0 Å². The van der Waals surface area contributed by atoms with E-state index in [1.807, 2.05) is 0 Å². The number of hydrogen-bond donors (Lipinski definition) is 1. The summed E-state index contributed by atoms with van der Waals surface area (Å²) in [4.78, 5) is 14.0. The Morgan fingerprint density at radius 3 is 2.60 bits per heavy atom. The van der Waals surface area contributed by atoms with E-state index in [0.717, 1.165) is 12.1 Å². The van der Waals surface area contributed by atoms with Crippen molar-refractivity contribution < 1.29 is 23.1 Å². The molecule has 132 valence electrons. The Labute approximate surface area is 147 Å². The Hall–Kier alpha value is -2.05. The molecule has 1 fully saturated rings. The van der Waals surface area contributed by atoms with Crippen LogP contribution in [0.1, 0.15) is 22.3 Å². The third-order valence-electron chi connectivity index (χ3n) is 4.16. The van der Waals surface area contributed by atoms with E-state index >= 15 is 0 Å². The molecular formula is C18H15ClF3NO2. The van der Waals surface area contributed by atoms with Crippen LogP contribution >= 0.6 is 11.6 Å². The summed E-state index contributed by atoms with van der Waals surface area (Å²) in [6.45, 7) is 0.710. The summed E-state index contributed by atoms with van der Waals surface area (Å²) < 4.78 is 38.8. The molecule has 1 saturated heterocycles. The SMILES string of the molecule is O=C(c1cccc(-c2cc(C(F)(F)F)ccc2Cl)c1)N1CC[C@@H](O)C1. The van der Waals surface area contributed by atoms with E-state index in [-0.39, 0.29) is 23.0 Å². The number of carbonyl (C=O) groups is 1. The van der Waals surface area contributed by atoms with Crippen LogP contribution in [0.15, 0.2) is 42.5 Å². The lowest BCUT2D eigenvalue weighted by Crippen LogP contribution is -2.29. The fraction of sp³-hybridized carbons (Fsp3) is 0.278. The smallest absolute Gasteiger partial charge is 0.391 e. The highest BCUT2D eigenvalue weighted by atomic mass is 35.5. The van der Waals surface area contributed by atoms with Gasteiger partial charge in [-0.25, -0.2) is 0 Å². The number of hydrogen-bond acceptors (Lipinski definition) is 2. The average molecular weight is 370 g/mol. The Morgan fingerprint density at radius 2 is 1.96 bits per heavy atom. The van der Waals surface area contributed by atoms with Gasteiger partial charge in [-0.15, -0.1) is 0 Å². The Balaban J connectivity index is 1.95. The van der Waals surface area contributed by atoms with Crippen LogP contribution in [0.3, 0.4) is 0 Å². The molecule has 0 unspecified atom stereocenters. The second kappa shape index (κ2) is 6.69. The number of nitrogens with zero attached hydrogens (tertiary/aromatic N) is 1. The van der Waals surface area contributed by atoms with Crippen molar-refractivity contribution in [2.45, 2.75) is 18.7 Å². The summed E-state index contributed by atoms with van der Waals surface area (Å²) in [7, 11) is 0. The van der Waals surface area contributed by atoms with E-state index < -0.39 is 17.8 Å². The topological polar surface area (TPSA) is 40.5 Å². The van der Waals surface area contributed by atoms with Crippen molar-refractivity contribution in [1.82, 2.24) is 4.90 Å². The van der Waals surface area contributed by atoms with Gasteiger partial charge in [-0.2, -0.15) is 13.2 Å². The minimum atomic E-state index is -4.47. The van der Waals surface area contributed by atoms with Gasteiger partial charge >= 0.3 is 6.18 Å². The van der Waals surface area contributed by atoms with Gasteiger partial charge in [-0.05, 0) is 42.3 Å². The number of β-amino-alcohol motifs (C(OH)–C–C–N with tert-alkyl or cyclic N) is 1. The van der Waals surface area contributed by atoms with Gasteiger partial charge in [0, 0.05) is 29.2 Å². The Bertz CT molecular complexity index is 807. The number of likely N-dealkylation sites (tertiary alicyclic amines) is 1. The molecule has 2 aromatic rings. The average Bonchev–Trinajstić information content (AvgIpc) is 3.00. The van der Waals surface area contributed by atoms with Gasteiger partial charge in [0.05, 0.1) is 11.7 Å². The van der Waals surface area contributed by atoms with E-state index in [2.05, 4.69) is 0 Å². The molecule has 0 radical (unpaired) electrons. The number of alkyl halides is 3. The first-order chi connectivity index (χ1) is 11.8. The molecule has 0 bridgehead atoms. The van der Waals surface area contributed by atoms with Crippen LogP contribution in [0.25, 0.3) is 11.1 Å². The number of rotatable bonds is 2. The fourth-order valence-corrected chi connectivity index (χ4v) is 3.08. The van der Waals surface area contributed by atoms with Gasteiger partial charge in [0.15, 0.2) is 0 Å². The highest BCUT2D eigenvalue weighted by molar-refractivity contribution is 6.33. The van der Waals surface area contributed by atoms with E-state index in [1.54, 1.807) is 18.2 Å². The normalized spacial score (nSPS) is 17.8. The number of carbonyl (C=O) groups excluding carboxylic acids is 1. The molecule has 3 nitrogen and oxygen atoms in total. The second-order valence-corrected chi connectivity index (χ2v) is 6.37. The molecule has 0 saturated carbocycles. The number of benzene rings is 2. The molecule has 7 heteroatoms. The molecule has 0 aliphatic carbocycles. The molecule has 25 heavy (non-hydrogen) atoms. The van der Waals surface area contributed by atoms with Gasteiger partial charge in [0.1, 0.15) is 0 Å². The maximum Gasteiger partial charge on any atom is 0.416 e. The van der Waals surface area contributed by atoms with Crippen LogP contribution in [0.5, 0.6) is 0 Å². The maximum atomic E-state index is 12.9. The molecule has 1 aliphatic heterocycles. The van der Waals surface area contributed by atoms with Gasteiger partial charge in [0.25, 0.3) is 5.91 Å².